The Kier molecular flexibility index (Phi) is 10.6. The van der Waals surface area contributed by atoms with Gasteiger partial charge in [0, 0.05) is 0 Å². The molecule has 0 aliphatic carbocycles. The van der Waals surface area contributed by atoms with Crippen LogP contribution in [0.1, 0.15) is 5.56 Å². The van der Waals surface area contributed by atoms with E-state index in [1.807, 2.05) is 6.07 Å². The molecule has 4 rings (SSSR count). The van der Waals surface area contributed by atoms with Crippen molar-refractivity contribution in [1.29, 1.82) is 0 Å². The van der Waals surface area contributed by atoms with E-state index in [9.17, 15) is 46.0 Å². The highest BCUT2D eigenvalue weighted by Crippen LogP contribution is 2.31. The first-order valence-corrected chi connectivity index (χ1v) is 12.5. The van der Waals surface area contributed by atoms with Crippen LogP contribution in [0.15, 0.2) is 30.3 Å². The number of aliphatic hydroxyl groups is 9. The number of hydrogen-bond acceptors (Lipinski definition) is 15. The Hall–Kier alpha value is -1.38. The van der Waals surface area contributed by atoms with E-state index >= 15 is 0 Å². The van der Waals surface area contributed by atoms with Crippen molar-refractivity contribution in [2.45, 2.75) is 92.6 Å². The Morgan fingerprint density at radius 1 is 0.641 bits per heavy atom. The number of hydrogen-bond donors (Lipinski definition) is 9. The molecule has 0 bridgehead atoms. The first-order chi connectivity index (χ1) is 18.7. The van der Waals surface area contributed by atoms with Crippen molar-refractivity contribution in [3.05, 3.63) is 35.9 Å². The fourth-order valence-corrected chi connectivity index (χ4v) is 4.60. The maximum Gasteiger partial charge on any atom is 0.187 e. The lowest BCUT2D eigenvalue weighted by Gasteiger charge is -2.46. The van der Waals surface area contributed by atoms with Gasteiger partial charge in [0.2, 0.25) is 0 Å². The Balaban J connectivity index is 1.50. The molecule has 14 atom stereocenters. The summed E-state index contributed by atoms with van der Waals surface area (Å²) < 4.78 is 33.7. The van der Waals surface area contributed by atoms with Gasteiger partial charge < -0.3 is 74.4 Å². The first kappa shape index (κ1) is 30.6. The van der Waals surface area contributed by atoms with E-state index in [4.69, 9.17) is 28.4 Å². The molecule has 1 aromatic carbocycles. The lowest BCUT2D eigenvalue weighted by molar-refractivity contribution is -0.375. The van der Waals surface area contributed by atoms with E-state index in [0.29, 0.717) is 0 Å². The van der Waals surface area contributed by atoms with Crippen molar-refractivity contribution < 1.29 is 74.4 Å². The van der Waals surface area contributed by atoms with Crippen LogP contribution in [0.2, 0.25) is 0 Å². The maximum absolute atomic E-state index is 11.2. The molecule has 3 saturated heterocycles. The fraction of sp³-hybridized carbons (Fsp3) is 0.750. The van der Waals surface area contributed by atoms with Crippen molar-refractivity contribution in [3.8, 4) is 0 Å². The minimum absolute atomic E-state index is 0.0327. The summed E-state index contributed by atoms with van der Waals surface area (Å²) >= 11 is 0. The lowest BCUT2D eigenvalue weighted by Crippen LogP contribution is -2.64. The number of benzene rings is 1. The average Bonchev–Trinajstić information content (AvgIpc) is 2.95. The molecule has 0 unspecified atom stereocenters. The summed E-state index contributed by atoms with van der Waals surface area (Å²) in [5.41, 5.74) is 0.766. The molecule has 3 heterocycles. The van der Waals surface area contributed by atoms with E-state index in [1.165, 1.54) is 0 Å². The Morgan fingerprint density at radius 2 is 1.18 bits per heavy atom. The molecule has 15 heteroatoms. The van der Waals surface area contributed by atoms with Gasteiger partial charge in [-0.3, -0.25) is 0 Å². The van der Waals surface area contributed by atoms with Gasteiger partial charge in [0.15, 0.2) is 18.9 Å². The molecule has 222 valence electrons. The van der Waals surface area contributed by atoms with Gasteiger partial charge in [0.1, 0.15) is 67.1 Å². The third-order valence-electron chi connectivity index (χ3n) is 6.96. The van der Waals surface area contributed by atoms with Crippen LogP contribution in [0.3, 0.4) is 0 Å². The highest BCUT2D eigenvalue weighted by Gasteiger charge is 2.51. The van der Waals surface area contributed by atoms with Crippen LogP contribution in [0, 0.1) is 0 Å². The van der Waals surface area contributed by atoms with Gasteiger partial charge in [-0.05, 0) is 5.56 Å². The molecule has 3 aliphatic heterocycles. The highest BCUT2D eigenvalue weighted by molar-refractivity contribution is 5.13. The van der Waals surface area contributed by atoms with Crippen LogP contribution in [-0.4, -0.2) is 152 Å². The van der Waals surface area contributed by atoms with Crippen molar-refractivity contribution in [1.82, 2.24) is 0 Å². The minimum atomic E-state index is -1.78. The summed E-state index contributed by atoms with van der Waals surface area (Å²) in [6, 6.07) is 8.98. The van der Waals surface area contributed by atoms with E-state index in [1.54, 1.807) is 24.3 Å². The predicted molar refractivity (Wildman–Crippen MR) is 124 cm³/mol. The van der Waals surface area contributed by atoms with Crippen molar-refractivity contribution in [2.75, 3.05) is 19.8 Å². The molecule has 15 nitrogen and oxygen atoms in total. The molecule has 0 radical (unpaired) electrons. The molecule has 0 spiro atoms. The van der Waals surface area contributed by atoms with Crippen molar-refractivity contribution in [2.24, 2.45) is 0 Å². The van der Waals surface area contributed by atoms with Gasteiger partial charge in [-0.15, -0.1) is 0 Å². The Labute approximate surface area is 223 Å². The van der Waals surface area contributed by atoms with E-state index in [2.05, 4.69) is 0 Å². The van der Waals surface area contributed by atoms with E-state index < -0.39 is 99.2 Å². The van der Waals surface area contributed by atoms with E-state index in [0.717, 1.165) is 5.56 Å². The molecule has 1 aromatic rings. The third kappa shape index (κ3) is 6.75. The average molecular weight is 565 g/mol. The second kappa shape index (κ2) is 13.5. The van der Waals surface area contributed by atoms with Crippen LogP contribution >= 0.6 is 0 Å². The standard InChI is InChI=1S/C24H36O15/c25-6-11-14(27)17(30)19(32)22(36-11)38-13-9-35-24(34-8-10-4-2-1-3-5-10)21(16(13)29)39-23-20(33)18(31)15(28)12(7-26)37-23/h1-5,11-33H,6-9H2/t11-,12-,13+,14-,15-,16+,17+,18+,19-,20-,21-,22+,23+,24-/m1/s1. The molecule has 0 aromatic heterocycles. The minimum Gasteiger partial charge on any atom is -0.394 e. The largest absolute Gasteiger partial charge is 0.394 e. The second-order valence-electron chi connectivity index (χ2n) is 9.66. The monoisotopic (exact) mass is 564 g/mol. The number of rotatable bonds is 9. The Bertz CT molecular complexity index is 874. The summed E-state index contributed by atoms with van der Waals surface area (Å²) in [6.07, 6.45) is -21.6. The molecule has 0 amide bonds. The van der Waals surface area contributed by atoms with Crippen molar-refractivity contribution in [3.63, 3.8) is 0 Å². The van der Waals surface area contributed by atoms with Crippen LogP contribution in [0.5, 0.6) is 0 Å². The molecule has 0 saturated carbocycles. The first-order valence-electron chi connectivity index (χ1n) is 12.5. The second-order valence-corrected chi connectivity index (χ2v) is 9.66. The van der Waals surface area contributed by atoms with Crippen LogP contribution < -0.4 is 0 Å². The zero-order chi connectivity index (χ0) is 28.3. The topological polar surface area (TPSA) is 237 Å². The summed E-state index contributed by atoms with van der Waals surface area (Å²) in [5, 5.41) is 91.1. The predicted octanol–water partition coefficient (Wildman–Crippen LogP) is -4.71. The third-order valence-corrected chi connectivity index (χ3v) is 6.96. The molecule has 3 aliphatic rings. The van der Waals surface area contributed by atoms with Crippen molar-refractivity contribution >= 4 is 0 Å². The van der Waals surface area contributed by atoms with Gasteiger partial charge in [0.25, 0.3) is 0 Å². The number of aliphatic hydroxyl groups excluding tert-OH is 9. The molecular formula is C24H36O15. The molecule has 3 fully saturated rings. The SMILES string of the molecule is OC[C@H]1O[C@@H](O[C@H]2[C@H](OCc3ccccc3)OC[C@H](O[C@@H]3O[C@H](CO)[C@@H](O)[C@H](O)[C@H]3O)[C@@H]2O)[C@H](O)[C@@H](O)[C@@H]1O. The summed E-state index contributed by atoms with van der Waals surface area (Å²) in [6.45, 7) is -1.67. The molecule has 9 N–H and O–H groups in total. The number of ether oxygens (including phenoxy) is 6. The van der Waals surface area contributed by atoms with Gasteiger partial charge >= 0.3 is 0 Å². The van der Waals surface area contributed by atoms with E-state index in [-0.39, 0.29) is 13.2 Å². The summed E-state index contributed by atoms with van der Waals surface area (Å²) in [5.74, 6) is 0. The molecular weight excluding hydrogens is 528 g/mol. The lowest BCUT2D eigenvalue weighted by atomic mass is 9.98. The highest BCUT2D eigenvalue weighted by atomic mass is 16.8. The quantitative estimate of drug-likeness (QED) is 0.137. The normalized spacial score (nSPS) is 45.3. The van der Waals surface area contributed by atoms with Gasteiger partial charge in [0.05, 0.1) is 26.4 Å². The van der Waals surface area contributed by atoms with Crippen LogP contribution in [0.25, 0.3) is 0 Å². The Morgan fingerprint density at radius 3 is 1.72 bits per heavy atom. The fourth-order valence-electron chi connectivity index (χ4n) is 4.60. The van der Waals surface area contributed by atoms with Gasteiger partial charge in [-0.1, -0.05) is 30.3 Å². The van der Waals surface area contributed by atoms with Crippen LogP contribution in [-0.2, 0) is 35.0 Å². The zero-order valence-corrected chi connectivity index (χ0v) is 20.8. The summed E-state index contributed by atoms with van der Waals surface area (Å²) in [4.78, 5) is 0. The smallest absolute Gasteiger partial charge is 0.187 e. The van der Waals surface area contributed by atoms with Gasteiger partial charge in [-0.25, -0.2) is 0 Å². The molecule has 39 heavy (non-hydrogen) atoms. The summed E-state index contributed by atoms with van der Waals surface area (Å²) in [7, 11) is 0. The van der Waals surface area contributed by atoms with Gasteiger partial charge in [-0.2, -0.15) is 0 Å². The zero-order valence-electron chi connectivity index (χ0n) is 20.8. The van der Waals surface area contributed by atoms with Crippen LogP contribution in [0.4, 0.5) is 0 Å². The maximum atomic E-state index is 11.2.